The molecular weight excluding hydrogens is 165 g/mol. The van der Waals surface area contributed by atoms with Gasteiger partial charge in [-0.15, -0.1) is 0 Å². The molecule has 0 aliphatic heterocycles. The van der Waals surface area contributed by atoms with E-state index in [1.165, 1.54) is 6.07 Å². The molecule has 0 aliphatic carbocycles. The van der Waals surface area contributed by atoms with Gasteiger partial charge in [0.25, 0.3) is 0 Å². The fourth-order valence-electron chi connectivity index (χ4n) is 0.960. The lowest BCUT2D eigenvalue weighted by Gasteiger charge is -2.06. The molecule has 66 valence electrons. The first-order valence-electron chi connectivity index (χ1n) is 6.02. The normalized spacial score (nSPS) is 17.2. The number of aryl methyl sites for hydroxylation is 1. The van der Waals surface area contributed by atoms with E-state index in [1.54, 1.807) is 6.07 Å². The molecule has 0 bridgehead atoms. The second-order valence-electron chi connectivity index (χ2n) is 2.41. The van der Waals surface area contributed by atoms with Gasteiger partial charge in [-0.2, -0.15) is 5.26 Å². The maximum atomic E-state index is 9.15. The van der Waals surface area contributed by atoms with Crippen molar-refractivity contribution in [1.29, 1.82) is 5.26 Å². The SMILES string of the molecule is [2H]C([2H])([2H])C([2H])([2H])c1ccc(C#N)cc1B(O)O. The number of nitriles is 1. The molecule has 0 spiro atoms. The third kappa shape index (κ3) is 2.08. The Kier molecular flexibility index (Phi) is 1.51. The molecule has 0 aliphatic rings. The van der Waals surface area contributed by atoms with Gasteiger partial charge in [0.1, 0.15) is 0 Å². The molecule has 0 amide bonds. The quantitative estimate of drug-likeness (QED) is 0.619. The highest BCUT2D eigenvalue weighted by atomic mass is 16.4. The largest absolute Gasteiger partial charge is 0.488 e. The zero-order valence-corrected chi connectivity index (χ0v) is 6.65. The third-order valence-corrected chi connectivity index (χ3v) is 1.59. The number of benzene rings is 1. The highest BCUT2D eigenvalue weighted by Crippen LogP contribution is 2.02. The molecule has 0 aromatic heterocycles. The topological polar surface area (TPSA) is 64.2 Å². The maximum Gasteiger partial charge on any atom is 0.488 e. The summed E-state index contributed by atoms with van der Waals surface area (Å²) in [5.41, 5.74) is -0.602. The number of hydrogen-bond donors (Lipinski definition) is 2. The summed E-state index contributed by atoms with van der Waals surface area (Å²) >= 11 is 0. The second-order valence-corrected chi connectivity index (χ2v) is 2.41. The van der Waals surface area contributed by atoms with Crippen LogP contribution in [0.1, 0.15) is 24.8 Å². The van der Waals surface area contributed by atoms with Gasteiger partial charge >= 0.3 is 7.12 Å². The van der Waals surface area contributed by atoms with Crippen LogP contribution in [0.3, 0.4) is 0 Å². The Morgan fingerprint density at radius 2 is 2.46 bits per heavy atom. The molecule has 0 unspecified atom stereocenters. The highest BCUT2D eigenvalue weighted by molar-refractivity contribution is 6.59. The van der Waals surface area contributed by atoms with Gasteiger partial charge in [0.2, 0.25) is 0 Å². The van der Waals surface area contributed by atoms with Crippen molar-refractivity contribution in [1.82, 2.24) is 0 Å². The number of rotatable bonds is 2. The minimum atomic E-state index is -2.95. The zero-order chi connectivity index (χ0) is 14.1. The summed E-state index contributed by atoms with van der Waals surface area (Å²) < 4.78 is 36.6. The van der Waals surface area contributed by atoms with Crippen molar-refractivity contribution in [2.45, 2.75) is 13.2 Å². The van der Waals surface area contributed by atoms with Crippen molar-refractivity contribution in [3.63, 3.8) is 0 Å². The summed E-state index contributed by atoms with van der Waals surface area (Å²) in [4.78, 5) is 0. The molecule has 1 aromatic rings. The lowest BCUT2D eigenvalue weighted by atomic mass is 9.75. The Morgan fingerprint density at radius 1 is 1.69 bits per heavy atom. The Morgan fingerprint density at radius 3 is 3.00 bits per heavy atom. The van der Waals surface area contributed by atoms with Gasteiger partial charge in [0, 0.05) is 6.85 Å². The van der Waals surface area contributed by atoms with E-state index in [0.717, 1.165) is 12.1 Å². The lowest BCUT2D eigenvalue weighted by Crippen LogP contribution is -2.33. The van der Waals surface area contributed by atoms with E-state index in [4.69, 9.17) is 22.2 Å². The van der Waals surface area contributed by atoms with Gasteiger partial charge in [0.15, 0.2) is 0 Å². The zero-order valence-electron chi connectivity index (χ0n) is 11.7. The van der Waals surface area contributed by atoms with E-state index in [2.05, 4.69) is 0 Å². The van der Waals surface area contributed by atoms with E-state index in [9.17, 15) is 0 Å². The first-order chi connectivity index (χ1) is 8.11. The summed E-state index contributed by atoms with van der Waals surface area (Å²) in [6, 6.07) is 5.12. The van der Waals surface area contributed by atoms with Crippen molar-refractivity contribution in [3.05, 3.63) is 29.3 Å². The van der Waals surface area contributed by atoms with E-state index in [0.29, 0.717) is 0 Å². The van der Waals surface area contributed by atoms with Crippen LogP contribution in [0.25, 0.3) is 0 Å². The number of hydrogen-bond acceptors (Lipinski definition) is 3. The smallest absolute Gasteiger partial charge is 0.423 e. The predicted molar refractivity (Wildman–Crippen MR) is 50.4 cm³/mol. The van der Waals surface area contributed by atoms with Gasteiger partial charge in [-0.05, 0) is 29.5 Å². The highest BCUT2D eigenvalue weighted by Gasteiger charge is 2.15. The van der Waals surface area contributed by atoms with E-state index >= 15 is 0 Å². The molecule has 0 fully saturated rings. The first kappa shape index (κ1) is 4.80. The fraction of sp³-hybridized carbons (Fsp3) is 0.222. The van der Waals surface area contributed by atoms with Crippen LogP contribution in [0.4, 0.5) is 0 Å². The van der Waals surface area contributed by atoms with Crippen molar-refractivity contribution in [2.75, 3.05) is 0 Å². The molecule has 2 N–H and O–H groups in total. The monoisotopic (exact) mass is 180 g/mol. The molecule has 0 atom stereocenters. The van der Waals surface area contributed by atoms with Crippen LogP contribution >= 0.6 is 0 Å². The Balaban J connectivity index is 3.47. The van der Waals surface area contributed by atoms with Gasteiger partial charge in [0.05, 0.1) is 11.6 Å². The van der Waals surface area contributed by atoms with Crippen LogP contribution < -0.4 is 5.46 Å². The van der Waals surface area contributed by atoms with Crippen LogP contribution in [-0.2, 0) is 6.37 Å². The molecule has 1 rings (SSSR count). The second kappa shape index (κ2) is 4.08. The number of nitrogens with zero attached hydrogens (tertiary/aromatic N) is 1. The standard InChI is InChI=1S/C9H10BNO2/c1-2-8-4-3-7(6-11)5-9(8)10(12)13/h3-5,12-13H,2H2,1H3/i1D3,2D2. The van der Waals surface area contributed by atoms with Crippen molar-refractivity contribution in [2.24, 2.45) is 0 Å². The van der Waals surface area contributed by atoms with Crippen LogP contribution in [0, 0.1) is 11.3 Å². The maximum absolute atomic E-state index is 9.15. The minimum Gasteiger partial charge on any atom is -0.423 e. The average Bonchev–Trinajstić information content (AvgIpc) is 2.26. The predicted octanol–water partition coefficient (Wildman–Crippen LogP) is -0.200. The van der Waals surface area contributed by atoms with Crippen LogP contribution in [0.5, 0.6) is 0 Å². The molecule has 0 radical (unpaired) electrons. The van der Waals surface area contributed by atoms with Crippen LogP contribution in [0.2, 0.25) is 0 Å². The Hall–Kier alpha value is -1.31. The van der Waals surface area contributed by atoms with Crippen LogP contribution in [-0.4, -0.2) is 17.2 Å². The molecule has 0 saturated carbocycles. The fourth-order valence-corrected chi connectivity index (χ4v) is 0.960. The summed E-state index contributed by atoms with van der Waals surface area (Å²) in [6.07, 6.45) is -2.74. The third-order valence-electron chi connectivity index (χ3n) is 1.59. The molecule has 0 heterocycles. The molecule has 3 nitrogen and oxygen atoms in total. The summed E-state index contributed by atoms with van der Waals surface area (Å²) in [5.74, 6) is 0. The Labute approximate surface area is 84.4 Å². The van der Waals surface area contributed by atoms with Crippen molar-refractivity contribution < 1.29 is 16.9 Å². The van der Waals surface area contributed by atoms with Gasteiger partial charge in [-0.1, -0.05) is 12.9 Å². The molecular formula is C9H10BNO2. The molecule has 4 heteroatoms. The summed E-state index contributed by atoms with van der Waals surface area (Å²) in [6.45, 7) is -2.95. The van der Waals surface area contributed by atoms with Crippen LogP contribution in [0.15, 0.2) is 18.2 Å². The average molecular weight is 180 g/mol. The summed E-state index contributed by atoms with van der Waals surface area (Å²) in [5, 5.41) is 27.0. The van der Waals surface area contributed by atoms with Gasteiger partial charge in [-0.3, -0.25) is 0 Å². The summed E-state index contributed by atoms with van der Waals surface area (Å²) in [7, 11) is -2.05. The van der Waals surface area contributed by atoms with Gasteiger partial charge in [-0.25, -0.2) is 0 Å². The van der Waals surface area contributed by atoms with E-state index in [-0.39, 0.29) is 16.6 Å². The van der Waals surface area contributed by atoms with Crippen molar-refractivity contribution >= 4 is 12.6 Å². The molecule has 13 heavy (non-hydrogen) atoms. The van der Waals surface area contributed by atoms with Gasteiger partial charge < -0.3 is 10.0 Å². The van der Waals surface area contributed by atoms with E-state index in [1.807, 2.05) is 0 Å². The Bertz CT molecular complexity index is 495. The molecule has 1 aromatic carbocycles. The van der Waals surface area contributed by atoms with Crippen molar-refractivity contribution in [3.8, 4) is 6.07 Å². The molecule has 0 saturated heterocycles. The van der Waals surface area contributed by atoms with E-state index < -0.39 is 20.3 Å². The minimum absolute atomic E-state index is 0.0863. The lowest BCUT2D eigenvalue weighted by molar-refractivity contribution is 0.425. The first-order valence-corrected chi connectivity index (χ1v) is 3.52.